The predicted octanol–water partition coefficient (Wildman–Crippen LogP) is 2.26. The number of carbonyl (C=O) groups is 1. The van der Waals surface area contributed by atoms with Gasteiger partial charge in [0, 0.05) is 30.9 Å². The number of sulfone groups is 1. The third-order valence-corrected chi connectivity index (χ3v) is 5.17. The quantitative estimate of drug-likeness (QED) is 0.877. The molecular weight excluding hydrogens is 364 g/mol. The van der Waals surface area contributed by atoms with Crippen LogP contribution in [0.1, 0.15) is 27.9 Å². The molecule has 134 valence electrons. The minimum absolute atomic E-state index is 0.0585. The molecule has 2 heterocycles. The molecule has 6 nitrogen and oxygen atoms in total. The van der Waals surface area contributed by atoms with Crippen molar-refractivity contribution in [3.05, 3.63) is 58.5 Å². The number of amides is 1. The Hall–Kier alpha value is -1.83. The predicted molar refractivity (Wildman–Crippen MR) is 95.4 cm³/mol. The van der Waals surface area contributed by atoms with E-state index in [1.807, 2.05) is 24.3 Å². The van der Waals surface area contributed by atoms with Crippen molar-refractivity contribution < 1.29 is 17.6 Å². The minimum atomic E-state index is -3.21. The molecule has 1 saturated heterocycles. The molecule has 1 aliphatic heterocycles. The van der Waals surface area contributed by atoms with Gasteiger partial charge in [-0.2, -0.15) is 0 Å². The third kappa shape index (κ3) is 4.42. The Balaban J connectivity index is 1.73. The van der Waals surface area contributed by atoms with Crippen molar-refractivity contribution in [3.8, 4) is 0 Å². The fourth-order valence-corrected chi connectivity index (χ4v) is 3.82. The van der Waals surface area contributed by atoms with Crippen molar-refractivity contribution >= 4 is 27.3 Å². The first-order chi connectivity index (χ1) is 11.8. The second-order valence-corrected chi connectivity index (χ2v) is 8.66. The van der Waals surface area contributed by atoms with Gasteiger partial charge in [-0.25, -0.2) is 8.42 Å². The van der Waals surface area contributed by atoms with Crippen molar-refractivity contribution in [2.45, 2.75) is 11.8 Å². The molecular formula is C17H19ClN2O4S. The molecule has 1 aromatic carbocycles. The highest BCUT2D eigenvalue weighted by molar-refractivity contribution is 7.89. The highest BCUT2D eigenvalue weighted by atomic mass is 35.5. The van der Waals surface area contributed by atoms with E-state index in [0.717, 1.165) is 11.8 Å². The summed E-state index contributed by atoms with van der Waals surface area (Å²) in [6, 6.07) is 10.5. The first-order valence-electron chi connectivity index (χ1n) is 7.87. The molecule has 2 aromatic rings. The van der Waals surface area contributed by atoms with Gasteiger partial charge in [-0.05, 0) is 23.8 Å². The van der Waals surface area contributed by atoms with Crippen LogP contribution < -0.4 is 5.32 Å². The second-order valence-electron chi connectivity index (χ2n) is 6.12. The number of piperazine rings is 1. The summed E-state index contributed by atoms with van der Waals surface area (Å²) in [5, 5.41) is 4.02. The van der Waals surface area contributed by atoms with Crippen LogP contribution in [0, 0.1) is 0 Å². The Kier molecular flexibility index (Phi) is 5.17. The molecule has 0 bridgehead atoms. The zero-order chi connectivity index (χ0) is 18.0. The van der Waals surface area contributed by atoms with E-state index in [9.17, 15) is 13.2 Å². The summed E-state index contributed by atoms with van der Waals surface area (Å²) in [4.78, 5) is 14.4. The zero-order valence-corrected chi connectivity index (χ0v) is 15.3. The fourth-order valence-electron chi connectivity index (χ4n) is 2.89. The van der Waals surface area contributed by atoms with Crippen LogP contribution in [-0.4, -0.2) is 45.1 Å². The van der Waals surface area contributed by atoms with Crippen LogP contribution in [0.25, 0.3) is 0 Å². The summed E-state index contributed by atoms with van der Waals surface area (Å²) < 4.78 is 28.1. The molecule has 1 fully saturated rings. The van der Waals surface area contributed by atoms with Crippen LogP contribution in [0.5, 0.6) is 0 Å². The van der Waals surface area contributed by atoms with Crippen LogP contribution in [0.4, 0.5) is 0 Å². The lowest BCUT2D eigenvalue weighted by Gasteiger charge is -2.33. The lowest BCUT2D eigenvalue weighted by atomic mass is 10.0. The van der Waals surface area contributed by atoms with E-state index in [4.69, 9.17) is 16.0 Å². The molecule has 3 rings (SSSR count). The lowest BCUT2D eigenvalue weighted by molar-refractivity contribution is 0.0669. The average Bonchev–Trinajstić information content (AvgIpc) is 3.01. The van der Waals surface area contributed by atoms with Gasteiger partial charge >= 0.3 is 0 Å². The van der Waals surface area contributed by atoms with Crippen LogP contribution in [0.3, 0.4) is 0 Å². The van der Waals surface area contributed by atoms with Crippen molar-refractivity contribution in [1.29, 1.82) is 0 Å². The van der Waals surface area contributed by atoms with Gasteiger partial charge in [-0.15, -0.1) is 0 Å². The van der Waals surface area contributed by atoms with Gasteiger partial charge in [0.2, 0.25) is 0 Å². The number of nitrogens with one attached hydrogen (secondary N) is 1. The van der Waals surface area contributed by atoms with Crippen molar-refractivity contribution in [2.75, 3.05) is 25.9 Å². The number of furan rings is 1. The van der Waals surface area contributed by atoms with Crippen molar-refractivity contribution in [1.82, 2.24) is 10.2 Å². The maximum Gasteiger partial charge on any atom is 0.289 e. The van der Waals surface area contributed by atoms with Crippen molar-refractivity contribution in [2.24, 2.45) is 0 Å². The van der Waals surface area contributed by atoms with E-state index in [1.54, 1.807) is 4.90 Å². The van der Waals surface area contributed by atoms with Gasteiger partial charge in [0.05, 0.1) is 6.04 Å². The highest BCUT2D eigenvalue weighted by Crippen LogP contribution is 2.25. The Morgan fingerprint density at radius 3 is 2.80 bits per heavy atom. The minimum Gasteiger partial charge on any atom is -0.455 e. The standard InChI is InChI=1S/C17H19ClN2O4S/c1-25(22,23)11-12-6-7-16(24-12)17(21)20-9-8-19-15(10-20)13-4-2-3-5-14(13)18/h2-7,15,19H,8-11H2,1H3. The molecule has 0 saturated carbocycles. The first kappa shape index (κ1) is 18.0. The average molecular weight is 383 g/mol. The molecule has 0 radical (unpaired) electrons. The number of carbonyl (C=O) groups excluding carboxylic acids is 1. The molecule has 0 spiro atoms. The van der Waals surface area contributed by atoms with E-state index in [0.29, 0.717) is 24.7 Å². The summed E-state index contributed by atoms with van der Waals surface area (Å²) in [5.74, 6) is -0.0511. The molecule has 1 N–H and O–H groups in total. The largest absolute Gasteiger partial charge is 0.455 e. The maximum atomic E-state index is 12.7. The summed E-state index contributed by atoms with van der Waals surface area (Å²) in [6.07, 6.45) is 1.13. The van der Waals surface area contributed by atoms with E-state index in [2.05, 4.69) is 5.32 Å². The van der Waals surface area contributed by atoms with E-state index in [1.165, 1.54) is 12.1 Å². The van der Waals surface area contributed by atoms with Gasteiger partial charge in [0.25, 0.3) is 5.91 Å². The lowest BCUT2D eigenvalue weighted by Crippen LogP contribution is -2.48. The van der Waals surface area contributed by atoms with Gasteiger partial charge in [0.1, 0.15) is 11.5 Å². The Morgan fingerprint density at radius 2 is 2.08 bits per heavy atom. The Labute approximate surface area is 151 Å². The smallest absolute Gasteiger partial charge is 0.289 e. The molecule has 0 aliphatic carbocycles. The van der Waals surface area contributed by atoms with Crippen molar-refractivity contribution in [3.63, 3.8) is 0 Å². The molecule has 8 heteroatoms. The SMILES string of the molecule is CS(=O)(=O)Cc1ccc(C(=O)N2CCNC(c3ccccc3Cl)C2)o1. The topological polar surface area (TPSA) is 79.6 Å². The third-order valence-electron chi connectivity index (χ3n) is 4.02. The normalized spacial score (nSPS) is 18.3. The first-order valence-corrected chi connectivity index (χ1v) is 10.3. The number of hydrogen-bond donors (Lipinski definition) is 1. The number of rotatable bonds is 4. The molecule has 1 aromatic heterocycles. The van der Waals surface area contributed by atoms with Crippen LogP contribution in [0.2, 0.25) is 5.02 Å². The van der Waals surface area contributed by atoms with Crippen LogP contribution >= 0.6 is 11.6 Å². The summed E-state index contributed by atoms with van der Waals surface area (Å²) >= 11 is 6.25. The number of nitrogens with zero attached hydrogens (tertiary/aromatic N) is 1. The van der Waals surface area contributed by atoms with Crippen LogP contribution in [0.15, 0.2) is 40.8 Å². The maximum absolute atomic E-state index is 12.7. The zero-order valence-electron chi connectivity index (χ0n) is 13.7. The molecule has 1 atom stereocenters. The molecule has 25 heavy (non-hydrogen) atoms. The summed E-state index contributed by atoms with van der Waals surface area (Å²) in [5.41, 5.74) is 0.943. The Bertz CT molecular complexity index is 878. The molecule has 1 unspecified atom stereocenters. The highest BCUT2D eigenvalue weighted by Gasteiger charge is 2.28. The fraction of sp³-hybridized carbons (Fsp3) is 0.353. The van der Waals surface area contributed by atoms with Gasteiger partial charge < -0.3 is 14.6 Å². The van der Waals surface area contributed by atoms with E-state index >= 15 is 0 Å². The number of halogens is 1. The number of benzene rings is 1. The second kappa shape index (κ2) is 7.19. The van der Waals surface area contributed by atoms with E-state index < -0.39 is 9.84 Å². The van der Waals surface area contributed by atoms with E-state index in [-0.39, 0.29) is 29.2 Å². The van der Waals surface area contributed by atoms with Gasteiger partial charge in [0.15, 0.2) is 15.6 Å². The monoisotopic (exact) mass is 382 g/mol. The summed E-state index contributed by atoms with van der Waals surface area (Å²) in [7, 11) is -3.21. The molecule has 1 amide bonds. The van der Waals surface area contributed by atoms with Crippen LogP contribution in [-0.2, 0) is 15.6 Å². The molecule has 1 aliphatic rings. The Morgan fingerprint density at radius 1 is 1.32 bits per heavy atom. The number of hydrogen-bond acceptors (Lipinski definition) is 5. The summed E-state index contributed by atoms with van der Waals surface area (Å²) in [6.45, 7) is 1.64. The van der Waals surface area contributed by atoms with Gasteiger partial charge in [-0.3, -0.25) is 4.79 Å². The van der Waals surface area contributed by atoms with Gasteiger partial charge in [-0.1, -0.05) is 29.8 Å².